The first-order chi connectivity index (χ1) is 16.9. The van der Waals surface area contributed by atoms with Crippen molar-refractivity contribution in [2.45, 2.75) is 6.92 Å². The van der Waals surface area contributed by atoms with Crippen molar-refractivity contribution in [3.8, 4) is 11.5 Å². The summed E-state index contributed by atoms with van der Waals surface area (Å²) in [6, 6.07) is 13.4. The van der Waals surface area contributed by atoms with Gasteiger partial charge in [-0.15, -0.1) is 0 Å². The van der Waals surface area contributed by atoms with Crippen LogP contribution >= 0.6 is 11.8 Å². The molecule has 1 aliphatic heterocycles. The molecule has 0 atom stereocenters. The molecule has 1 fully saturated rings. The molecule has 180 valence electrons. The average Bonchev–Trinajstić information content (AvgIpc) is 3.11. The number of carbonyl (C=O) groups is 3. The molecule has 10 heteroatoms. The van der Waals surface area contributed by atoms with E-state index in [1.54, 1.807) is 48.5 Å². The molecule has 2 aromatic carbocycles. The number of H-pyrrole nitrogens is 1. The van der Waals surface area contributed by atoms with Crippen LogP contribution < -0.4 is 20.3 Å². The molecule has 0 bridgehead atoms. The number of carbonyl (C=O) groups excluding carboxylic acids is 3. The zero-order chi connectivity index (χ0) is 24.9. The lowest BCUT2D eigenvalue weighted by Gasteiger charge is -2.13. The molecule has 3 amide bonds. The van der Waals surface area contributed by atoms with Crippen molar-refractivity contribution in [2.75, 3.05) is 26.8 Å². The van der Waals surface area contributed by atoms with E-state index in [9.17, 15) is 19.2 Å². The lowest BCUT2D eigenvalue weighted by atomic mass is 10.1. The van der Waals surface area contributed by atoms with E-state index in [4.69, 9.17) is 9.47 Å². The number of fused-ring (bicyclic) bond motifs is 1. The maximum atomic E-state index is 12.8. The summed E-state index contributed by atoms with van der Waals surface area (Å²) in [4.78, 5) is 53.9. The van der Waals surface area contributed by atoms with Crippen LogP contribution in [0.3, 0.4) is 0 Å². The number of pyridine rings is 1. The molecule has 35 heavy (non-hydrogen) atoms. The Hall–Kier alpha value is -4.05. The Balaban J connectivity index is 1.43. The van der Waals surface area contributed by atoms with Gasteiger partial charge in [0, 0.05) is 30.1 Å². The van der Waals surface area contributed by atoms with Crippen LogP contribution in [0.5, 0.6) is 11.5 Å². The predicted molar refractivity (Wildman–Crippen MR) is 134 cm³/mol. The van der Waals surface area contributed by atoms with Crippen molar-refractivity contribution >= 4 is 45.8 Å². The highest BCUT2D eigenvalue weighted by molar-refractivity contribution is 8.18. The molecule has 0 saturated carbocycles. The van der Waals surface area contributed by atoms with E-state index in [2.05, 4.69) is 10.3 Å². The standard InChI is InChI=1S/C25H23N3O6S/c1-3-34-19-9-8-15(12-20(19)33-2)13-21-24(31)28(25(32)35-21)11-10-26-23(30)17-14-22(29)27-18-7-5-4-6-16(17)18/h4-9,12-14H,3,10-11H2,1-2H3,(H,26,30)(H,27,29)/b21-13-. The Morgan fingerprint density at radius 2 is 1.91 bits per heavy atom. The fraction of sp³-hybridized carbons (Fsp3) is 0.200. The van der Waals surface area contributed by atoms with Gasteiger partial charge in [-0.3, -0.25) is 24.1 Å². The van der Waals surface area contributed by atoms with E-state index in [1.165, 1.54) is 13.2 Å². The molecule has 9 nitrogen and oxygen atoms in total. The van der Waals surface area contributed by atoms with E-state index in [-0.39, 0.29) is 23.6 Å². The van der Waals surface area contributed by atoms with Gasteiger partial charge in [0.05, 0.1) is 24.2 Å². The van der Waals surface area contributed by atoms with Gasteiger partial charge < -0.3 is 19.8 Å². The van der Waals surface area contributed by atoms with Gasteiger partial charge in [0.15, 0.2) is 11.5 Å². The minimum absolute atomic E-state index is 0.00146. The second kappa shape index (κ2) is 10.5. The van der Waals surface area contributed by atoms with E-state index in [0.29, 0.717) is 34.6 Å². The number of ether oxygens (including phenoxy) is 2. The molecule has 0 unspecified atom stereocenters. The third-order valence-electron chi connectivity index (χ3n) is 5.28. The van der Waals surface area contributed by atoms with Gasteiger partial charge >= 0.3 is 0 Å². The first kappa shape index (κ1) is 24.1. The van der Waals surface area contributed by atoms with Crippen LogP contribution in [0.1, 0.15) is 22.8 Å². The van der Waals surface area contributed by atoms with Crippen molar-refractivity contribution in [1.29, 1.82) is 0 Å². The number of hydrogen-bond donors (Lipinski definition) is 2. The Morgan fingerprint density at radius 3 is 2.69 bits per heavy atom. The number of thioether (sulfide) groups is 1. The molecule has 0 spiro atoms. The van der Waals surface area contributed by atoms with Crippen LogP contribution in [0, 0.1) is 0 Å². The lowest BCUT2D eigenvalue weighted by molar-refractivity contribution is -0.122. The molecular formula is C25H23N3O6S. The highest BCUT2D eigenvalue weighted by Crippen LogP contribution is 2.34. The van der Waals surface area contributed by atoms with Crippen LogP contribution in [0.25, 0.3) is 17.0 Å². The van der Waals surface area contributed by atoms with Gasteiger partial charge in [-0.2, -0.15) is 0 Å². The van der Waals surface area contributed by atoms with Crippen molar-refractivity contribution in [3.05, 3.63) is 74.9 Å². The summed E-state index contributed by atoms with van der Waals surface area (Å²) in [5, 5.41) is 2.87. The number of benzene rings is 2. The van der Waals surface area contributed by atoms with Crippen molar-refractivity contribution < 1.29 is 23.9 Å². The third kappa shape index (κ3) is 5.22. The van der Waals surface area contributed by atoms with Crippen LogP contribution in [0.2, 0.25) is 0 Å². The molecule has 3 aromatic rings. The number of nitrogens with zero attached hydrogens (tertiary/aromatic N) is 1. The first-order valence-electron chi connectivity index (χ1n) is 10.9. The summed E-state index contributed by atoms with van der Waals surface area (Å²) in [5.74, 6) is 0.207. The Kier molecular flexibility index (Phi) is 7.21. The largest absolute Gasteiger partial charge is 0.493 e. The third-order valence-corrected chi connectivity index (χ3v) is 6.18. The molecule has 2 heterocycles. The Bertz CT molecular complexity index is 1400. The monoisotopic (exact) mass is 493 g/mol. The summed E-state index contributed by atoms with van der Waals surface area (Å²) in [7, 11) is 1.53. The van der Waals surface area contributed by atoms with E-state index in [0.717, 1.165) is 16.7 Å². The molecule has 1 aromatic heterocycles. The van der Waals surface area contributed by atoms with E-state index in [1.807, 2.05) is 6.92 Å². The smallest absolute Gasteiger partial charge is 0.293 e. The number of nitrogens with one attached hydrogen (secondary N) is 2. The van der Waals surface area contributed by atoms with Crippen molar-refractivity contribution in [2.24, 2.45) is 0 Å². The fourth-order valence-electron chi connectivity index (χ4n) is 3.66. The van der Waals surface area contributed by atoms with Crippen LogP contribution in [-0.2, 0) is 4.79 Å². The van der Waals surface area contributed by atoms with Crippen molar-refractivity contribution in [1.82, 2.24) is 15.2 Å². The zero-order valence-corrected chi connectivity index (χ0v) is 19.9. The number of aromatic amines is 1. The number of aromatic nitrogens is 1. The summed E-state index contributed by atoms with van der Waals surface area (Å²) in [6.07, 6.45) is 1.62. The maximum absolute atomic E-state index is 12.8. The zero-order valence-electron chi connectivity index (χ0n) is 19.1. The normalized spacial score (nSPS) is 14.6. The second-order valence-electron chi connectivity index (χ2n) is 7.53. The Labute approximate surface area is 205 Å². The minimum Gasteiger partial charge on any atom is -0.493 e. The Morgan fingerprint density at radius 1 is 1.11 bits per heavy atom. The molecule has 4 rings (SSSR count). The predicted octanol–water partition coefficient (Wildman–Crippen LogP) is 3.40. The summed E-state index contributed by atoms with van der Waals surface area (Å²) < 4.78 is 10.8. The molecular weight excluding hydrogens is 470 g/mol. The van der Waals surface area contributed by atoms with Gasteiger partial charge in [-0.05, 0) is 48.5 Å². The molecule has 0 aliphatic carbocycles. The number of para-hydroxylation sites is 1. The number of amides is 3. The average molecular weight is 494 g/mol. The highest BCUT2D eigenvalue weighted by Gasteiger charge is 2.34. The number of rotatable bonds is 8. The van der Waals surface area contributed by atoms with Gasteiger partial charge in [0.2, 0.25) is 5.56 Å². The topological polar surface area (TPSA) is 118 Å². The maximum Gasteiger partial charge on any atom is 0.293 e. The van der Waals surface area contributed by atoms with Gasteiger partial charge in [-0.1, -0.05) is 24.3 Å². The van der Waals surface area contributed by atoms with Crippen LogP contribution in [0.4, 0.5) is 4.79 Å². The van der Waals surface area contributed by atoms with E-state index < -0.39 is 22.6 Å². The van der Waals surface area contributed by atoms with E-state index >= 15 is 0 Å². The van der Waals surface area contributed by atoms with Gasteiger partial charge in [0.1, 0.15) is 0 Å². The van der Waals surface area contributed by atoms with Crippen molar-refractivity contribution in [3.63, 3.8) is 0 Å². The second-order valence-corrected chi connectivity index (χ2v) is 8.52. The molecule has 1 saturated heterocycles. The molecule has 1 aliphatic rings. The molecule has 2 N–H and O–H groups in total. The number of methoxy groups -OCH3 is 1. The summed E-state index contributed by atoms with van der Waals surface area (Å²) in [6.45, 7) is 2.40. The highest BCUT2D eigenvalue weighted by atomic mass is 32.2. The summed E-state index contributed by atoms with van der Waals surface area (Å²) >= 11 is 0.832. The van der Waals surface area contributed by atoms with Crippen LogP contribution in [-0.4, -0.2) is 53.7 Å². The van der Waals surface area contributed by atoms with Crippen LogP contribution in [0.15, 0.2) is 58.2 Å². The number of imide groups is 1. The first-order valence-corrected chi connectivity index (χ1v) is 11.7. The minimum atomic E-state index is -0.462. The summed E-state index contributed by atoms with van der Waals surface area (Å²) in [5.41, 5.74) is 1.07. The SMILES string of the molecule is CCOc1ccc(/C=C2\SC(=O)N(CCNC(=O)c3cc(=O)[nH]c4ccccc34)C2=O)cc1OC. The lowest BCUT2D eigenvalue weighted by Crippen LogP contribution is -2.37. The fourth-order valence-corrected chi connectivity index (χ4v) is 4.53. The molecule has 0 radical (unpaired) electrons. The quantitative estimate of drug-likeness (QED) is 0.462. The van der Waals surface area contributed by atoms with Gasteiger partial charge in [0.25, 0.3) is 17.1 Å². The van der Waals surface area contributed by atoms with Gasteiger partial charge in [-0.25, -0.2) is 0 Å². The number of hydrogen-bond acceptors (Lipinski definition) is 7.